The average Bonchev–Trinajstić information content (AvgIpc) is 2.79. The minimum Gasteiger partial charge on any atom is -0.232 e. The van der Waals surface area contributed by atoms with Gasteiger partial charge >= 0.3 is 0 Å². The molecule has 0 atom stereocenters. The lowest BCUT2D eigenvalue weighted by Crippen LogP contribution is -1.75. The van der Waals surface area contributed by atoms with Crippen LogP contribution >= 0.6 is 11.3 Å². The molecule has 0 amide bonds. The van der Waals surface area contributed by atoms with Crippen LogP contribution in [0.3, 0.4) is 0 Å². The van der Waals surface area contributed by atoms with Gasteiger partial charge in [-0.25, -0.2) is 9.98 Å². The normalized spacial score (nSPS) is 11.1. The number of benzene rings is 1. The predicted molar refractivity (Wildman–Crippen MR) is 70.6 cm³/mol. The van der Waals surface area contributed by atoms with Gasteiger partial charge < -0.3 is 0 Å². The smallest absolute Gasteiger partial charge is 0.209 e. The van der Waals surface area contributed by atoms with Crippen LogP contribution in [0, 0.1) is 0 Å². The molecule has 1 aromatic heterocycles. The topological polar surface area (TPSA) is 25.2 Å². The largest absolute Gasteiger partial charge is 0.232 e. The second-order valence-corrected chi connectivity index (χ2v) is 4.32. The quantitative estimate of drug-likeness (QED) is 0.718. The molecule has 82 valence electrons. The van der Waals surface area contributed by atoms with Crippen molar-refractivity contribution in [2.24, 2.45) is 4.99 Å². The van der Waals surface area contributed by atoms with Crippen molar-refractivity contribution in [2.45, 2.75) is 19.8 Å². The van der Waals surface area contributed by atoms with E-state index in [2.05, 4.69) is 29.0 Å². The van der Waals surface area contributed by atoms with Crippen molar-refractivity contribution in [2.75, 3.05) is 0 Å². The van der Waals surface area contributed by atoms with Gasteiger partial charge in [0.15, 0.2) is 0 Å². The summed E-state index contributed by atoms with van der Waals surface area (Å²) >= 11 is 1.59. The summed E-state index contributed by atoms with van der Waals surface area (Å²) in [5.41, 5.74) is 2.16. The van der Waals surface area contributed by atoms with Crippen molar-refractivity contribution in [3.63, 3.8) is 0 Å². The highest BCUT2D eigenvalue weighted by atomic mass is 32.1. The molecule has 2 rings (SSSR count). The van der Waals surface area contributed by atoms with Gasteiger partial charge in [0.2, 0.25) is 5.13 Å². The van der Waals surface area contributed by atoms with E-state index in [0.717, 1.165) is 29.2 Å². The van der Waals surface area contributed by atoms with Crippen LogP contribution in [-0.2, 0) is 0 Å². The SMILES string of the molecule is CCCC=Nc1nc(-c2ccccc2)cs1. The molecule has 1 aromatic carbocycles. The first kappa shape index (κ1) is 11.0. The highest BCUT2D eigenvalue weighted by Gasteiger charge is 2.01. The summed E-state index contributed by atoms with van der Waals surface area (Å²) in [6, 6.07) is 10.2. The molecule has 3 heteroatoms. The second kappa shape index (κ2) is 5.56. The van der Waals surface area contributed by atoms with Crippen LogP contribution in [0.5, 0.6) is 0 Å². The molecule has 0 fully saturated rings. The van der Waals surface area contributed by atoms with Gasteiger partial charge in [0.05, 0.1) is 5.69 Å². The third-order valence-corrected chi connectivity index (χ3v) is 2.93. The number of hydrogen-bond acceptors (Lipinski definition) is 3. The standard InChI is InChI=1S/C13H14N2S/c1-2-3-9-14-13-15-12(10-16-13)11-7-5-4-6-8-11/h4-10H,2-3H2,1H3. The van der Waals surface area contributed by atoms with E-state index >= 15 is 0 Å². The van der Waals surface area contributed by atoms with Gasteiger partial charge in [-0.1, -0.05) is 43.7 Å². The Labute approximate surface area is 99.7 Å². The van der Waals surface area contributed by atoms with E-state index in [0.29, 0.717) is 0 Å². The van der Waals surface area contributed by atoms with Gasteiger partial charge in [-0.05, 0) is 6.42 Å². The number of rotatable bonds is 4. The number of nitrogens with zero attached hydrogens (tertiary/aromatic N) is 2. The van der Waals surface area contributed by atoms with Crippen LogP contribution in [0.1, 0.15) is 19.8 Å². The average molecular weight is 230 g/mol. The fraction of sp³-hybridized carbons (Fsp3) is 0.231. The highest BCUT2D eigenvalue weighted by molar-refractivity contribution is 7.13. The molecular weight excluding hydrogens is 216 g/mol. The van der Waals surface area contributed by atoms with Gasteiger partial charge in [0.25, 0.3) is 0 Å². The van der Waals surface area contributed by atoms with Crippen molar-refractivity contribution in [1.82, 2.24) is 4.98 Å². The summed E-state index contributed by atoms with van der Waals surface area (Å²) in [5.74, 6) is 0. The van der Waals surface area contributed by atoms with Crippen molar-refractivity contribution < 1.29 is 0 Å². The van der Waals surface area contributed by atoms with E-state index in [1.807, 2.05) is 29.8 Å². The maximum Gasteiger partial charge on any atom is 0.209 e. The zero-order valence-corrected chi connectivity index (χ0v) is 10.1. The minimum atomic E-state index is 0.840. The summed E-state index contributed by atoms with van der Waals surface area (Å²) in [6.07, 6.45) is 4.08. The molecule has 0 aliphatic carbocycles. The molecule has 2 aromatic rings. The fourth-order valence-electron chi connectivity index (χ4n) is 1.34. The molecule has 0 unspecified atom stereocenters. The van der Waals surface area contributed by atoms with E-state index in [9.17, 15) is 0 Å². The number of thiazole rings is 1. The second-order valence-electron chi connectivity index (χ2n) is 3.48. The predicted octanol–water partition coefficient (Wildman–Crippen LogP) is 4.31. The molecule has 0 N–H and O–H groups in total. The molecule has 0 aliphatic rings. The van der Waals surface area contributed by atoms with Crippen molar-refractivity contribution in [3.8, 4) is 11.3 Å². The van der Waals surface area contributed by atoms with E-state index in [4.69, 9.17) is 0 Å². The van der Waals surface area contributed by atoms with Gasteiger partial charge in [-0.3, -0.25) is 0 Å². The highest BCUT2D eigenvalue weighted by Crippen LogP contribution is 2.26. The van der Waals surface area contributed by atoms with Crippen LogP contribution < -0.4 is 0 Å². The third kappa shape index (κ3) is 2.76. The lowest BCUT2D eigenvalue weighted by Gasteiger charge is -1.93. The summed E-state index contributed by atoms with van der Waals surface area (Å²) < 4.78 is 0. The first-order valence-electron chi connectivity index (χ1n) is 5.43. The van der Waals surface area contributed by atoms with E-state index in [1.165, 1.54) is 0 Å². The minimum absolute atomic E-state index is 0.840. The van der Waals surface area contributed by atoms with Crippen molar-refractivity contribution in [1.29, 1.82) is 0 Å². The maximum absolute atomic E-state index is 4.47. The molecule has 0 aliphatic heterocycles. The molecule has 0 spiro atoms. The van der Waals surface area contributed by atoms with E-state index in [-0.39, 0.29) is 0 Å². The Morgan fingerprint density at radius 1 is 1.31 bits per heavy atom. The number of aliphatic imine (C=N–C) groups is 1. The van der Waals surface area contributed by atoms with Crippen LogP contribution in [0.2, 0.25) is 0 Å². The molecule has 0 radical (unpaired) electrons. The molecular formula is C13H14N2S. The number of aromatic nitrogens is 1. The van der Waals surface area contributed by atoms with Crippen molar-refractivity contribution >= 4 is 22.7 Å². The first-order chi connectivity index (χ1) is 7.90. The Balaban J connectivity index is 2.14. The molecule has 0 saturated carbocycles. The monoisotopic (exact) mass is 230 g/mol. The molecule has 0 saturated heterocycles. The van der Waals surface area contributed by atoms with Gasteiger partial charge in [-0.2, -0.15) is 0 Å². The number of unbranched alkanes of at least 4 members (excludes halogenated alkanes) is 1. The van der Waals surface area contributed by atoms with Crippen LogP contribution in [0.4, 0.5) is 5.13 Å². The Morgan fingerprint density at radius 3 is 2.88 bits per heavy atom. The first-order valence-corrected chi connectivity index (χ1v) is 6.31. The van der Waals surface area contributed by atoms with Gasteiger partial charge in [-0.15, -0.1) is 11.3 Å². The third-order valence-electron chi connectivity index (χ3n) is 2.18. The zero-order valence-electron chi connectivity index (χ0n) is 9.26. The maximum atomic E-state index is 4.47. The molecule has 1 heterocycles. The summed E-state index contributed by atoms with van der Waals surface area (Å²) in [5, 5.41) is 2.89. The molecule has 2 nitrogen and oxygen atoms in total. The Morgan fingerprint density at radius 2 is 2.12 bits per heavy atom. The van der Waals surface area contributed by atoms with E-state index < -0.39 is 0 Å². The van der Waals surface area contributed by atoms with Gasteiger partial charge in [0.1, 0.15) is 0 Å². The number of hydrogen-bond donors (Lipinski definition) is 0. The lowest BCUT2D eigenvalue weighted by molar-refractivity contribution is 1.01. The summed E-state index contributed by atoms with van der Waals surface area (Å²) in [4.78, 5) is 8.80. The summed E-state index contributed by atoms with van der Waals surface area (Å²) in [6.45, 7) is 2.14. The van der Waals surface area contributed by atoms with E-state index in [1.54, 1.807) is 11.3 Å². The lowest BCUT2D eigenvalue weighted by atomic mass is 10.2. The Hall–Kier alpha value is -1.48. The van der Waals surface area contributed by atoms with Crippen molar-refractivity contribution in [3.05, 3.63) is 35.7 Å². The zero-order chi connectivity index (χ0) is 11.2. The Kier molecular flexibility index (Phi) is 3.83. The van der Waals surface area contributed by atoms with Gasteiger partial charge in [0, 0.05) is 17.2 Å². The van der Waals surface area contributed by atoms with Crippen LogP contribution in [0.25, 0.3) is 11.3 Å². The van der Waals surface area contributed by atoms with Crippen LogP contribution in [-0.4, -0.2) is 11.2 Å². The molecule has 16 heavy (non-hydrogen) atoms. The molecule has 0 bridgehead atoms. The fourth-order valence-corrected chi connectivity index (χ4v) is 2.03. The summed E-state index contributed by atoms with van der Waals surface area (Å²) in [7, 11) is 0. The van der Waals surface area contributed by atoms with Crippen LogP contribution in [0.15, 0.2) is 40.7 Å². The Bertz CT molecular complexity index is 460.